The molecule has 0 spiro atoms. The van der Waals surface area contributed by atoms with E-state index in [9.17, 15) is 9.90 Å². The van der Waals surface area contributed by atoms with Gasteiger partial charge < -0.3 is 16.2 Å². The lowest BCUT2D eigenvalue weighted by atomic mass is 10.1. The number of hydrogen-bond donors (Lipinski definition) is 3. The van der Waals surface area contributed by atoms with E-state index in [1.54, 1.807) is 12.3 Å². The van der Waals surface area contributed by atoms with Crippen LogP contribution in [0.3, 0.4) is 0 Å². The number of rotatable bonds is 3. The standard InChI is InChI=1S/C14H15N3O2/c1-9(12-4-2-3-7-16-12)17-14(19)10-5-6-11(15)13(18)8-10/h2-9,18H,15H2,1H3,(H,17,19). The third kappa shape index (κ3) is 3.01. The molecule has 1 aromatic carbocycles. The molecule has 1 aromatic heterocycles. The molecule has 1 atom stereocenters. The molecule has 0 saturated carbocycles. The maximum Gasteiger partial charge on any atom is 0.251 e. The summed E-state index contributed by atoms with van der Waals surface area (Å²) in [5.74, 6) is -0.383. The fourth-order valence-electron chi connectivity index (χ4n) is 1.67. The number of carbonyl (C=O) groups is 1. The fraction of sp³-hybridized carbons (Fsp3) is 0.143. The van der Waals surface area contributed by atoms with Crippen molar-refractivity contribution in [1.29, 1.82) is 0 Å². The van der Waals surface area contributed by atoms with Crippen molar-refractivity contribution in [2.75, 3.05) is 5.73 Å². The molecule has 0 aliphatic carbocycles. The largest absolute Gasteiger partial charge is 0.506 e. The van der Waals surface area contributed by atoms with Crippen molar-refractivity contribution in [2.24, 2.45) is 0 Å². The van der Waals surface area contributed by atoms with Gasteiger partial charge in [0.15, 0.2) is 0 Å². The first-order valence-corrected chi connectivity index (χ1v) is 5.88. The topological polar surface area (TPSA) is 88.2 Å². The number of carbonyl (C=O) groups excluding carboxylic acids is 1. The smallest absolute Gasteiger partial charge is 0.251 e. The summed E-state index contributed by atoms with van der Waals surface area (Å²) in [6.07, 6.45) is 1.67. The lowest BCUT2D eigenvalue weighted by molar-refractivity contribution is 0.0939. The van der Waals surface area contributed by atoms with Crippen LogP contribution in [0.15, 0.2) is 42.6 Å². The van der Waals surface area contributed by atoms with Gasteiger partial charge in [-0.25, -0.2) is 0 Å². The fourth-order valence-corrected chi connectivity index (χ4v) is 1.67. The van der Waals surface area contributed by atoms with Gasteiger partial charge in [0.2, 0.25) is 0 Å². The van der Waals surface area contributed by atoms with Crippen LogP contribution >= 0.6 is 0 Å². The molecule has 5 heteroatoms. The molecule has 1 heterocycles. The zero-order chi connectivity index (χ0) is 13.8. The number of nitrogens with one attached hydrogen (secondary N) is 1. The molecular weight excluding hydrogens is 242 g/mol. The van der Waals surface area contributed by atoms with E-state index in [2.05, 4.69) is 10.3 Å². The van der Waals surface area contributed by atoms with Crippen LogP contribution in [0.1, 0.15) is 29.0 Å². The van der Waals surface area contributed by atoms with Gasteiger partial charge in [-0.2, -0.15) is 0 Å². The number of nitrogen functional groups attached to an aromatic ring is 1. The number of aromatic hydroxyl groups is 1. The van der Waals surface area contributed by atoms with Gasteiger partial charge >= 0.3 is 0 Å². The van der Waals surface area contributed by atoms with Gasteiger partial charge in [-0.3, -0.25) is 9.78 Å². The summed E-state index contributed by atoms with van der Waals surface area (Å²) in [4.78, 5) is 16.2. The van der Waals surface area contributed by atoms with Crippen molar-refractivity contribution in [2.45, 2.75) is 13.0 Å². The van der Waals surface area contributed by atoms with E-state index in [1.165, 1.54) is 12.1 Å². The molecule has 5 nitrogen and oxygen atoms in total. The maximum atomic E-state index is 12.0. The number of pyridine rings is 1. The summed E-state index contributed by atoms with van der Waals surface area (Å²) >= 11 is 0. The van der Waals surface area contributed by atoms with Crippen molar-refractivity contribution >= 4 is 11.6 Å². The minimum absolute atomic E-state index is 0.0989. The Hall–Kier alpha value is -2.56. The van der Waals surface area contributed by atoms with Crippen LogP contribution in [0.5, 0.6) is 5.75 Å². The molecule has 0 bridgehead atoms. The van der Waals surface area contributed by atoms with E-state index in [0.29, 0.717) is 5.56 Å². The highest BCUT2D eigenvalue weighted by Crippen LogP contribution is 2.21. The monoisotopic (exact) mass is 257 g/mol. The second-order valence-electron chi connectivity index (χ2n) is 4.22. The molecule has 0 fully saturated rings. The van der Waals surface area contributed by atoms with Crippen LogP contribution in [0.25, 0.3) is 0 Å². The molecule has 0 radical (unpaired) electrons. The normalized spacial score (nSPS) is 11.8. The van der Waals surface area contributed by atoms with Crippen molar-refractivity contribution < 1.29 is 9.90 Å². The number of phenolic OH excluding ortho intramolecular Hbond substituents is 1. The van der Waals surface area contributed by atoms with Crippen LogP contribution in [0, 0.1) is 0 Å². The Morgan fingerprint density at radius 3 is 2.79 bits per heavy atom. The van der Waals surface area contributed by atoms with E-state index in [4.69, 9.17) is 5.73 Å². The van der Waals surface area contributed by atoms with Crippen molar-refractivity contribution in [3.05, 3.63) is 53.9 Å². The summed E-state index contributed by atoms with van der Waals surface area (Å²) < 4.78 is 0. The number of nitrogens with zero attached hydrogens (tertiary/aromatic N) is 1. The van der Waals surface area contributed by atoms with Gasteiger partial charge in [0.25, 0.3) is 5.91 Å². The zero-order valence-electron chi connectivity index (χ0n) is 10.5. The molecule has 0 aliphatic rings. The Morgan fingerprint density at radius 1 is 1.37 bits per heavy atom. The minimum atomic E-state index is -0.284. The Kier molecular flexibility index (Phi) is 3.66. The molecule has 2 aromatic rings. The van der Waals surface area contributed by atoms with Gasteiger partial charge in [0.1, 0.15) is 5.75 Å². The average molecular weight is 257 g/mol. The van der Waals surface area contributed by atoms with Gasteiger partial charge in [0, 0.05) is 11.8 Å². The third-order valence-electron chi connectivity index (χ3n) is 2.77. The Bertz CT molecular complexity index is 584. The van der Waals surface area contributed by atoms with Crippen LogP contribution in [0.2, 0.25) is 0 Å². The molecule has 0 aliphatic heterocycles. The van der Waals surface area contributed by atoms with Gasteiger partial charge in [-0.05, 0) is 37.3 Å². The summed E-state index contributed by atoms with van der Waals surface area (Å²) in [5, 5.41) is 12.3. The second-order valence-corrected chi connectivity index (χ2v) is 4.22. The van der Waals surface area contributed by atoms with Crippen molar-refractivity contribution in [3.8, 4) is 5.75 Å². The minimum Gasteiger partial charge on any atom is -0.506 e. The SMILES string of the molecule is CC(NC(=O)c1ccc(N)c(O)c1)c1ccccn1. The first kappa shape index (κ1) is 12.9. The number of hydrogen-bond acceptors (Lipinski definition) is 4. The highest BCUT2D eigenvalue weighted by atomic mass is 16.3. The number of phenols is 1. The summed E-state index contributed by atoms with van der Waals surface area (Å²) in [7, 11) is 0. The average Bonchev–Trinajstić information content (AvgIpc) is 2.42. The van der Waals surface area contributed by atoms with Crippen LogP contribution in [-0.2, 0) is 0 Å². The molecular formula is C14H15N3O2. The number of amides is 1. The first-order valence-electron chi connectivity index (χ1n) is 5.88. The number of anilines is 1. The van der Waals surface area contributed by atoms with E-state index >= 15 is 0 Å². The molecule has 1 unspecified atom stereocenters. The van der Waals surface area contributed by atoms with E-state index in [1.807, 2.05) is 25.1 Å². The predicted molar refractivity (Wildman–Crippen MR) is 72.6 cm³/mol. The molecule has 4 N–H and O–H groups in total. The number of aromatic nitrogens is 1. The van der Waals surface area contributed by atoms with Crippen molar-refractivity contribution in [1.82, 2.24) is 10.3 Å². The molecule has 1 amide bonds. The number of nitrogens with two attached hydrogens (primary N) is 1. The molecule has 0 saturated heterocycles. The van der Waals surface area contributed by atoms with Gasteiger partial charge in [-0.15, -0.1) is 0 Å². The van der Waals surface area contributed by atoms with E-state index in [-0.39, 0.29) is 23.4 Å². The molecule has 98 valence electrons. The van der Waals surface area contributed by atoms with Crippen molar-refractivity contribution in [3.63, 3.8) is 0 Å². The number of benzene rings is 1. The van der Waals surface area contributed by atoms with Gasteiger partial charge in [-0.1, -0.05) is 6.07 Å². The predicted octanol–water partition coefficient (Wildman–Crippen LogP) is 1.86. The van der Waals surface area contributed by atoms with Gasteiger partial charge in [0.05, 0.1) is 17.4 Å². The highest BCUT2D eigenvalue weighted by Gasteiger charge is 2.13. The third-order valence-corrected chi connectivity index (χ3v) is 2.77. The Labute approximate surface area is 111 Å². The molecule has 2 rings (SSSR count). The maximum absolute atomic E-state index is 12.0. The lowest BCUT2D eigenvalue weighted by Crippen LogP contribution is -2.27. The highest BCUT2D eigenvalue weighted by molar-refractivity contribution is 5.95. The quantitative estimate of drug-likeness (QED) is 0.578. The summed E-state index contributed by atoms with van der Waals surface area (Å²) in [6.45, 7) is 1.84. The Morgan fingerprint density at radius 2 is 2.16 bits per heavy atom. The lowest BCUT2D eigenvalue weighted by Gasteiger charge is -2.13. The second kappa shape index (κ2) is 5.39. The summed E-state index contributed by atoms with van der Waals surface area (Å²) in [5.41, 5.74) is 6.86. The summed E-state index contributed by atoms with van der Waals surface area (Å²) in [6, 6.07) is 9.70. The van der Waals surface area contributed by atoms with Crippen LogP contribution in [-0.4, -0.2) is 16.0 Å². The van der Waals surface area contributed by atoms with Crippen LogP contribution < -0.4 is 11.1 Å². The van der Waals surface area contributed by atoms with E-state index < -0.39 is 0 Å². The Balaban J connectivity index is 2.11. The van der Waals surface area contributed by atoms with E-state index in [0.717, 1.165) is 5.69 Å². The van der Waals surface area contributed by atoms with Crippen LogP contribution in [0.4, 0.5) is 5.69 Å². The first-order chi connectivity index (χ1) is 9.08. The zero-order valence-corrected chi connectivity index (χ0v) is 10.5. The molecule has 19 heavy (non-hydrogen) atoms.